The Balaban J connectivity index is 1.13. The molecule has 226 valence electrons. The minimum atomic E-state index is -0.140. The van der Waals surface area contributed by atoms with Crippen LogP contribution in [0.4, 0.5) is 0 Å². The first-order valence-electron chi connectivity index (χ1n) is 16.0. The third-order valence-electron chi connectivity index (χ3n) is 9.01. The minimum Gasteiger partial charge on any atom is -0.487 e. The van der Waals surface area contributed by atoms with Crippen molar-refractivity contribution in [2.45, 2.75) is 70.1 Å². The van der Waals surface area contributed by atoms with Gasteiger partial charge in [-0.15, -0.1) is 0 Å². The molecule has 1 aromatic heterocycles. The number of hydrogen-bond acceptors (Lipinski definition) is 5. The maximum absolute atomic E-state index is 9.80. The van der Waals surface area contributed by atoms with Crippen LogP contribution in [-0.4, -0.2) is 38.5 Å². The molecule has 6 heteroatoms. The minimum absolute atomic E-state index is 0.000656. The molecule has 1 N–H and O–H groups in total. The lowest BCUT2D eigenvalue weighted by molar-refractivity contribution is -0.0365. The first kappa shape index (κ1) is 28.8. The summed E-state index contributed by atoms with van der Waals surface area (Å²) in [7, 11) is 0. The van der Waals surface area contributed by atoms with E-state index in [1.54, 1.807) is 0 Å². The topological polar surface area (TPSA) is 59.8 Å². The molecule has 44 heavy (non-hydrogen) atoms. The van der Waals surface area contributed by atoms with Gasteiger partial charge < -0.3 is 14.6 Å². The fourth-order valence-electron chi connectivity index (χ4n) is 6.40. The van der Waals surface area contributed by atoms with Crippen molar-refractivity contribution in [1.82, 2.24) is 14.7 Å². The molecule has 7 rings (SSSR count). The highest BCUT2D eigenvalue weighted by atomic mass is 16.5. The van der Waals surface area contributed by atoms with Gasteiger partial charge in [-0.3, -0.25) is 4.90 Å². The van der Waals surface area contributed by atoms with Crippen LogP contribution >= 0.6 is 0 Å². The van der Waals surface area contributed by atoms with Gasteiger partial charge in [-0.25, -0.2) is 4.68 Å². The second-order valence-electron chi connectivity index (χ2n) is 12.4. The first-order valence-corrected chi connectivity index (χ1v) is 16.0. The number of aliphatic hydroxyl groups is 1. The summed E-state index contributed by atoms with van der Waals surface area (Å²) in [5.74, 6) is 0.886. The Labute approximate surface area is 259 Å². The zero-order chi connectivity index (χ0) is 29.8. The molecule has 0 bridgehead atoms. The van der Waals surface area contributed by atoms with Crippen molar-refractivity contribution in [3.05, 3.63) is 120 Å². The van der Waals surface area contributed by atoms with Crippen molar-refractivity contribution in [2.24, 2.45) is 0 Å². The zero-order valence-corrected chi connectivity index (χ0v) is 25.3. The summed E-state index contributed by atoms with van der Waals surface area (Å²) in [6.45, 7) is 3.55. The number of fused-ring (bicyclic) bond motifs is 1. The summed E-state index contributed by atoms with van der Waals surface area (Å²) < 4.78 is 15.0. The predicted molar refractivity (Wildman–Crippen MR) is 174 cm³/mol. The third-order valence-corrected chi connectivity index (χ3v) is 9.01. The summed E-state index contributed by atoms with van der Waals surface area (Å²) in [6, 6.07) is 35.9. The van der Waals surface area contributed by atoms with E-state index >= 15 is 0 Å². The second-order valence-corrected chi connectivity index (χ2v) is 12.4. The van der Waals surface area contributed by atoms with Crippen LogP contribution in [0, 0.1) is 0 Å². The van der Waals surface area contributed by atoms with Gasteiger partial charge in [0.1, 0.15) is 17.0 Å². The van der Waals surface area contributed by atoms with Crippen molar-refractivity contribution in [2.75, 3.05) is 13.2 Å². The fraction of sp³-hybridized carbons (Fsp3) is 0.342. The van der Waals surface area contributed by atoms with E-state index in [1.807, 2.05) is 18.2 Å². The Bertz CT molecular complexity index is 1630. The van der Waals surface area contributed by atoms with Crippen molar-refractivity contribution >= 4 is 10.9 Å². The molecule has 1 atom stereocenters. The number of nitrogens with zero attached hydrogens (tertiary/aromatic N) is 3. The number of aliphatic hydroxyl groups excluding tert-OH is 1. The van der Waals surface area contributed by atoms with Gasteiger partial charge in [0.25, 0.3) is 0 Å². The maximum atomic E-state index is 9.80. The van der Waals surface area contributed by atoms with Crippen LogP contribution in [0.15, 0.2) is 103 Å². The molecular formula is C38H41N3O3. The number of ether oxygens (including phenoxy) is 2. The first-order chi connectivity index (χ1) is 21.7. The van der Waals surface area contributed by atoms with Gasteiger partial charge in [0, 0.05) is 37.2 Å². The van der Waals surface area contributed by atoms with E-state index in [4.69, 9.17) is 14.6 Å². The molecule has 1 aliphatic heterocycles. The molecule has 1 saturated heterocycles. The van der Waals surface area contributed by atoms with Crippen LogP contribution in [0.5, 0.6) is 5.75 Å². The van der Waals surface area contributed by atoms with E-state index in [1.165, 1.54) is 11.1 Å². The lowest BCUT2D eigenvalue weighted by Gasteiger charge is -2.26. The Morgan fingerprint density at radius 3 is 2.23 bits per heavy atom. The maximum Gasteiger partial charge on any atom is 0.150 e. The Hall–Kier alpha value is -3.97. The molecule has 6 nitrogen and oxygen atoms in total. The molecule has 2 fully saturated rings. The van der Waals surface area contributed by atoms with E-state index in [2.05, 4.69) is 94.5 Å². The molecule has 0 spiro atoms. The molecule has 1 saturated carbocycles. The molecule has 2 heterocycles. The smallest absolute Gasteiger partial charge is 0.150 e. The van der Waals surface area contributed by atoms with Crippen LogP contribution in [0.1, 0.15) is 61.4 Å². The van der Waals surface area contributed by atoms with Gasteiger partial charge in [-0.1, -0.05) is 78.9 Å². The van der Waals surface area contributed by atoms with Crippen LogP contribution in [0.3, 0.4) is 0 Å². The van der Waals surface area contributed by atoms with E-state index in [-0.39, 0.29) is 18.4 Å². The van der Waals surface area contributed by atoms with E-state index < -0.39 is 0 Å². The number of hydrogen-bond donors (Lipinski definition) is 1. The van der Waals surface area contributed by atoms with Gasteiger partial charge >= 0.3 is 0 Å². The summed E-state index contributed by atoms with van der Waals surface area (Å²) in [4.78, 5) is 2.54. The normalized spacial score (nSPS) is 17.6. The molecule has 0 amide bonds. The van der Waals surface area contributed by atoms with Crippen LogP contribution < -0.4 is 4.74 Å². The lowest BCUT2D eigenvalue weighted by atomic mass is 10.0. The summed E-state index contributed by atoms with van der Waals surface area (Å²) in [5.41, 5.74) is 6.34. The number of aromatic nitrogens is 2. The Kier molecular flexibility index (Phi) is 8.47. The van der Waals surface area contributed by atoms with Crippen molar-refractivity contribution in [3.63, 3.8) is 0 Å². The standard InChI is InChI=1S/C38H41N3O3/c42-28-31-14-9-15-32(24-31)37-34-25-33(17-18-35(34)41(39-37)36-16-7-8-23-43-36)44-38(19-20-38)21-22-40(26-29-10-3-1-4-11-29)27-30-12-5-2-6-13-30/h1-6,9-15,17-18,24-25,36,42H,7-8,16,19-23,26-28H2. The summed E-state index contributed by atoms with van der Waals surface area (Å²) in [5, 5.41) is 15.9. The van der Waals surface area contributed by atoms with Gasteiger partial charge in [-0.05, 0) is 79.5 Å². The average Bonchev–Trinajstić information content (AvgIpc) is 3.74. The van der Waals surface area contributed by atoms with Gasteiger partial charge in [0.15, 0.2) is 6.23 Å². The Morgan fingerprint density at radius 2 is 1.57 bits per heavy atom. The molecular weight excluding hydrogens is 546 g/mol. The second kappa shape index (κ2) is 12.9. The van der Waals surface area contributed by atoms with E-state index in [0.717, 1.165) is 98.2 Å². The molecule has 5 aromatic rings. The van der Waals surface area contributed by atoms with Crippen LogP contribution in [0.25, 0.3) is 22.2 Å². The van der Waals surface area contributed by atoms with Crippen LogP contribution in [-0.2, 0) is 24.4 Å². The van der Waals surface area contributed by atoms with Crippen molar-refractivity contribution < 1.29 is 14.6 Å². The van der Waals surface area contributed by atoms with Gasteiger partial charge in [-0.2, -0.15) is 5.10 Å². The molecule has 1 unspecified atom stereocenters. The summed E-state index contributed by atoms with van der Waals surface area (Å²) >= 11 is 0. The highest BCUT2D eigenvalue weighted by Crippen LogP contribution is 2.45. The van der Waals surface area contributed by atoms with E-state index in [9.17, 15) is 5.11 Å². The van der Waals surface area contributed by atoms with Crippen LogP contribution in [0.2, 0.25) is 0 Å². The van der Waals surface area contributed by atoms with E-state index in [0.29, 0.717) is 0 Å². The summed E-state index contributed by atoms with van der Waals surface area (Å²) in [6.07, 6.45) is 6.22. The number of rotatable bonds is 12. The van der Waals surface area contributed by atoms with Crippen molar-refractivity contribution in [1.29, 1.82) is 0 Å². The molecule has 2 aliphatic rings. The highest BCUT2D eigenvalue weighted by molar-refractivity contribution is 5.94. The highest BCUT2D eigenvalue weighted by Gasteiger charge is 2.45. The van der Waals surface area contributed by atoms with Gasteiger partial charge in [0.05, 0.1) is 12.1 Å². The molecule has 4 aromatic carbocycles. The largest absolute Gasteiger partial charge is 0.487 e. The SMILES string of the molecule is OCc1cccc(-c2nn(C3CCCCO3)c3ccc(OC4(CCN(Cc5ccccc5)Cc5ccccc5)CC4)cc23)c1. The van der Waals surface area contributed by atoms with Crippen molar-refractivity contribution in [3.8, 4) is 17.0 Å². The van der Waals surface area contributed by atoms with Gasteiger partial charge in [0.2, 0.25) is 0 Å². The quantitative estimate of drug-likeness (QED) is 0.161. The Morgan fingerprint density at radius 1 is 0.841 bits per heavy atom. The zero-order valence-electron chi connectivity index (χ0n) is 25.3. The monoisotopic (exact) mass is 587 g/mol. The lowest BCUT2D eigenvalue weighted by Crippen LogP contribution is -2.30. The predicted octanol–water partition coefficient (Wildman–Crippen LogP) is 7.90. The average molecular weight is 588 g/mol. The third kappa shape index (κ3) is 6.58. The molecule has 1 aliphatic carbocycles. The fourth-order valence-corrected chi connectivity index (χ4v) is 6.40. The molecule has 0 radical (unpaired) electrons. The number of benzene rings is 4.